The van der Waals surface area contributed by atoms with Crippen molar-refractivity contribution in [3.8, 4) is 5.75 Å². The number of pyridine rings is 1. The van der Waals surface area contributed by atoms with Gasteiger partial charge in [0.05, 0.1) is 23.7 Å². The van der Waals surface area contributed by atoms with E-state index in [2.05, 4.69) is 15.6 Å². The predicted octanol–water partition coefficient (Wildman–Crippen LogP) is 0.774. The summed E-state index contributed by atoms with van der Waals surface area (Å²) >= 11 is 5.91. The van der Waals surface area contributed by atoms with Crippen molar-refractivity contribution < 1.29 is 19.4 Å². The van der Waals surface area contributed by atoms with Crippen LogP contribution < -0.4 is 21.9 Å². The standard InChI is InChI=1S/C20H24ClN5O5/c1-31-16-9-26(10-17(28)23-11-2-4-12(27)5-3-11)7-6-15(16)24-19(29)13-8-14(21)18(22)25-20(13)30/h2-5,8,15-16,27H,6-7,9-10H2,1H3,(H,23,28)(H,24,29)(H3,22,25,30). The van der Waals surface area contributed by atoms with Crippen molar-refractivity contribution in [3.05, 3.63) is 51.3 Å². The fourth-order valence-corrected chi connectivity index (χ4v) is 3.57. The average Bonchev–Trinajstić information content (AvgIpc) is 2.73. The number of hydrogen-bond donors (Lipinski definition) is 5. The third kappa shape index (κ3) is 5.75. The molecule has 6 N–H and O–H groups in total. The van der Waals surface area contributed by atoms with E-state index in [-0.39, 0.29) is 46.8 Å². The van der Waals surface area contributed by atoms with E-state index < -0.39 is 11.5 Å². The zero-order chi connectivity index (χ0) is 22.5. The van der Waals surface area contributed by atoms with E-state index in [0.717, 1.165) is 0 Å². The molecule has 0 bridgehead atoms. The van der Waals surface area contributed by atoms with Gasteiger partial charge in [-0.1, -0.05) is 11.6 Å². The number of benzene rings is 1. The van der Waals surface area contributed by atoms with Crippen molar-refractivity contribution in [1.82, 2.24) is 15.2 Å². The molecule has 2 aromatic rings. The summed E-state index contributed by atoms with van der Waals surface area (Å²) in [5.41, 5.74) is 5.36. The number of nitrogen functional groups attached to an aromatic ring is 1. The molecule has 11 heteroatoms. The second-order valence-electron chi connectivity index (χ2n) is 7.25. The Balaban J connectivity index is 1.57. The molecule has 0 aliphatic carbocycles. The lowest BCUT2D eigenvalue weighted by atomic mass is 10.0. The summed E-state index contributed by atoms with van der Waals surface area (Å²) in [6.07, 6.45) is 0.152. The maximum absolute atomic E-state index is 12.6. The summed E-state index contributed by atoms with van der Waals surface area (Å²) in [4.78, 5) is 41.1. The Kier molecular flexibility index (Phi) is 7.16. The number of likely N-dealkylation sites (tertiary alicyclic amines) is 1. The van der Waals surface area contributed by atoms with E-state index in [1.165, 1.54) is 25.3 Å². The molecule has 3 rings (SSSR count). The van der Waals surface area contributed by atoms with Crippen molar-refractivity contribution >= 4 is 34.9 Å². The van der Waals surface area contributed by atoms with Crippen LogP contribution in [0.3, 0.4) is 0 Å². The van der Waals surface area contributed by atoms with E-state index >= 15 is 0 Å². The van der Waals surface area contributed by atoms with Crippen molar-refractivity contribution in [1.29, 1.82) is 0 Å². The minimum atomic E-state index is -0.628. The number of methoxy groups -OCH3 is 1. The smallest absolute Gasteiger partial charge is 0.262 e. The van der Waals surface area contributed by atoms with Crippen molar-refractivity contribution in [2.75, 3.05) is 37.8 Å². The van der Waals surface area contributed by atoms with Crippen LogP contribution in [0.4, 0.5) is 11.5 Å². The number of nitrogens with zero attached hydrogens (tertiary/aromatic N) is 1. The number of carbonyl (C=O) groups is 2. The topological polar surface area (TPSA) is 150 Å². The molecule has 2 amide bonds. The highest BCUT2D eigenvalue weighted by Gasteiger charge is 2.32. The van der Waals surface area contributed by atoms with Crippen LogP contribution in [0.5, 0.6) is 5.75 Å². The normalized spacial score (nSPS) is 19.0. The zero-order valence-corrected chi connectivity index (χ0v) is 17.6. The molecule has 1 aromatic heterocycles. The Bertz CT molecular complexity index is 1010. The Hall–Kier alpha value is -3.08. The van der Waals surface area contributed by atoms with Crippen molar-refractivity contribution in [2.24, 2.45) is 0 Å². The van der Waals surface area contributed by atoms with Crippen LogP contribution >= 0.6 is 11.6 Å². The van der Waals surface area contributed by atoms with Gasteiger partial charge in [-0.3, -0.25) is 19.3 Å². The number of rotatable bonds is 6. The van der Waals surface area contributed by atoms with Crippen LogP contribution in [0.1, 0.15) is 16.8 Å². The van der Waals surface area contributed by atoms with Gasteiger partial charge in [-0.05, 0) is 36.8 Å². The van der Waals surface area contributed by atoms with Gasteiger partial charge in [0.25, 0.3) is 11.5 Å². The van der Waals surface area contributed by atoms with Gasteiger partial charge in [-0.2, -0.15) is 0 Å². The van der Waals surface area contributed by atoms with Crippen LogP contribution in [0, 0.1) is 0 Å². The van der Waals surface area contributed by atoms with E-state index in [0.29, 0.717) is 25.2 Å². The third-order valence-electron chi connectivity index (χ3n) is 5.05. The van der Waals surface area contributed by atoms with E-state index in [1.807, 2.05) is 4.90 Å². The number of H-pyrrole nitrogens is 1. The second-order valence-corrected chi connectivity index (χ2v) is 7.65. The number of aromatic hydroxyl groups is 1. The third-order valence-corrected chi connectivity index (χ3v) is 5.36. The highest BCUT2D eigenvalue weighted by atomic mass is 35.5. The number of nitrogens with one attached hydrogen (secondary N) is 3. The average molecular weight is 450 g/mol. The molecule has 0 saturated carbocycles. The van der Waals surface area contributed by atoms with Gasteiger partial charge in [0.15, 0.2) is 0 Å². The Morgan fingerprint density at radius 2 is 2.06 bits per heavy atom. The number of hydrogen-bond acceptors (Lipinski definition) is 7. The minimum absolute atomic E-state index is 0.00289. The lowest BCUT2D eigenvalue weighted by molar-refractivity contribution is -0.118. The second kappa shape index (κ2) is 9.82. The van der Waals surface area contributed by atoms with Gasteiger partial charge in [0.2, 0.25) is 5.91 Å². The number of amides is 2. The number of carbonyl (C=O) groups excluding carboxylic acids is 2. The largest absolute Gasteiger partial charge is 0.508 e. The van der Waals surface area contributed by atoms with E-state index in [1.54, 1.807) is 12.1 Å². The number of phenols is 1. The van der Waals surface area contributed by atoms with E-state index in [4.69, 9.17) is 22.1 Å². The van der Waals surface area contributed by atoms with Gasteiger partial charge < -0.3 is 31.2 Å². The first-order valence-electron chi connectivity index (χ1n) is 9.60. The zero-order valence-electron chi connectivity index (χ0n) is 16.9. The molecule has 1 saturated heterocycles. The molecular formula is C20H24ClN5O5. The van der Waals surface area contributed by atoms with Gasteiger partial charge in [-0.15, -0.1) is 0 Å². The number of phenolic OH excluding ortho intramolecular Hbond substituents is 1. The number of aromatic amines is 1. The van der Waals surface area contributed by atoms with Gasteiger partial charge >= 0.3 is 0 Å². The molecular weight excluding hydrogens is 426 g/mol. The quantitative estimate of drug-likeness (QED) is 0.409. The Morgan fingerprint density at radius 3 is 2.74 bits per heavy atom. The molecule has 1 aliphatic heterocycles. The molecule has 2 unspecified atom stereocenters. The molecule has 31 heavy (non-hydrogen) atoms. The molecule has 0 radical (unpaired) electrons. The molecule has 10 nitrogen and oxygen atoms in total. The van der Waals surface area contributed by atoms with Gasteiger partial charge in [0, 0.05) is 25.9 Å². The fraction of sp³-hybridized carbons (Fsp3) is 0.350. The van der Waals surface area contributed by atoms with Crippen molar-refractivity contribution in [3.63, 3.8) is 0 Å². The first-order chi connectivity index (χ1) is 14.8. The first-order valence-corrected chi connectivity index (χ1v) is 9.98. The molecule has 2 heterocycles. The summed E-state index contributed by atoms with van der Waals surface area (Å²) in [6, 6.07) is 7.09. The highest BCUT2D eigenvalue weighted by Crippen LogP contribution is 2.18. The lowest BCUT2D eigenvalue weighted by Crippen LogP contribution is -2.56. The van der Waals surface area contributed by atoms with Crippen LogP contribution in [-0.4, -0.2) is 65.7 Å². The first kappa shape index (κ1) is 22.6. The SMILES string of the molecule is COC1CN(CC(=O)Nc2ccc(O)cc2)CCC1NC(=O)c1cc(Cl)c(N)[nH]c1=O. The van der Waals surface area contributed by atoms with Crippen LogP contribution in [0.25, 0.3) is 0 Å². The summed E-state index contributed by atoms with van der Waals surface area (Å²) in [5.74, 6) is -0.662. The molecule has 1 aliphatic rings. The molecule has 1 aromatic carbocycles. The number of anilines is 2. The molecule has 0 spiro atoms. The molecule has 1 fully saturated rings. The number of nitrogens with two attached hydrogens (primary N) is 1. The molecule has 2 atom stereocenters. The Labute approximate surface area is 183 Å². The number of ether oxygens (including phenoxy) is 1. The maximum atomic E-state index is 12.6. The summed E-state index contributed by atoms with van der Waals surface area (Å²) in [7, 11) is 1.52. The monoisotopic (exact) mass is 449 g/mol. The number of halogens is 1. The van der Waals surface area contributed by atoms with Gasteiger partial charge in [-0.25, -0.2) is 0 Å². The summed E-state index contributed by atoms with van der Waals surface area (Å²) < 4.78 is 5.51. The van der Waals surface area contributed by atoms with E-state index in [9.17, 15) is 19.5 Å². The minimum Gasteiger partial charge on any atom is -0.508 e. The lowest BCUT2D eigenvalue weighted by Gasteiger charge is -2.37. The van der Waals surface area contributed by atoms with Crippen LogP contribution in [0.15, 0.2) is 35.1 Å². The predicted molar refractivity (Wildman–Crippen MR) is 116 cm³/mol. The fourth-order valence-electron chi connectivity index (χ4n) is 3.41. The molecule has 166 valence electrons. The number of aromatic nitrogens is 1. The maximum Gasteiger partial charge on any atom is 0.262 e. The highest BCUT2D eigenvalue weighted by molar-refractivity contribution is 6.33. The van der Waals surface area contributed by atoms with Crippen LogP contribution in [-0.2, 0) is 9.53 Å². The number of piperidine rings is 1. The van der Waals surface area contributed by atoms with Gasteiger partial charge in [0.1, 0.15) is 17.1 Å². The Morgan fingerprint density at radius 1 is 1.35 bits per heavy atom. The summed E-state index contributed by atoms with van der Waals surface area (Å²) in [5, 5.41) is 15.0. The van der Waals surface area contributed by atoms with Crippen molar-refractivity contribution in [2.45, 2.75) is 18.6 Å². The van der Waals surface area contributed by atoms with Crippen LogP contribution in [0.2, 0.25) is 5.02 Å². The summed E-state index contributed by atoms with van der Waals surface area (Å²) in [6.45, 7) is 1.12.